The number of halogens is 1. The number of benzene rings is 2. The minimum absolute atomic E-state index is 0.00169. The normalized spacial score (nSPS) is 13.2. The molecule has 0 aromatic heterocycles. The lowest BCUT2D eigenvalue weighted by Gasteiger charge is -2.13. The number of carbonyl (C=O) groups is 3. The highest BCUT2D eigenvalue weighted by Crippen LogP contribution is 2.22. The number of nitrogens with zero attached hydrogens (tertiary/aromatic N) is 1. The van der Waals surface area contributed by atoms with Crippen LogP contribution in [0.25, 0.3) is 0 Å². The van der Waals surface area contributed by atoms with Crippen LogP contribution in [0.1, 0.15) is 27.1 Å². The van der Waals surface area contributed by atoms with Gasteiger partial charge in [-0.15, -0.1) is 0 Å². The molecule has 0 unspecified atom stereocenters. The summed E-state index contributed by atoms with van der Waals surface area (Å²) in [5.74, 6) is -0.825. The van der Waals surface area contributed by atoms with Gasteiger partial charge in [0.15, 0.2) is 0 Å². The highest BCUT2D eigenvalue weighted by atomic mass is 79.9. The van der Waals surface area contributed by atoms with Crippen molar-refractivity contribution >= 4 is 33.7 Å². The zero-order valence-electron chi connectivity index (χ0n) is 12.0. The van der Waals surface area contributed by atoms with Crippen LogP contribution in [0.15, 0.2) is 53.0 Å². The van der Waals surface area contributed by atoms with Gasteiger partial charge in [0.2, 0.25) is 0 Å². The predicted molar refractivity (Wildman–Crippen MR) is 86.2 cm³/mol. The SMILES string of the molecule is O=C(CCN1C(=O)c2ccccc2C1=O)Oc1ccc(Br)cc1. The minimum Gasteiger partial charge on any atom is -0.426 e. The molecule has 0 saturated carbocycles. The zero-order valence-corrected chi connectivity index (χ0v) is 13.6. The Hall–Kier alpha value is -2.47. The van der Waals surface area contributed by atoms with E-state index in [4.69, 9.17) is 4.74 Å². The van der Waals surface area contributed by atoms with E-state index >= 15 is 0 Å². The van der Waals surface area contributed by atoms with Gasteiger partial charge in [0.1, 0.15) is 5.75 Å². The maximum absolute atomic E-state index is 12.2. The Labute approximate surface area is 141 Å². The summed E-state index contributed by atoms with van der Waals surface area (Å²) in [7, 11) is 0. The number of hydrogen-bond donors (Lipinski definition) is 0. The van der Waals surface area contributed by atoms with Crippen molar-refractivity contribution in [1.82, 2.24) is 4.90 Å². The molecule has 3 rings (SSSR count). The van der Waals surface area contributed by atoms with E-state index in [0.29, 0.717) is 16.9 Å². The number of hydrogen-bond acceptors (Lipinski definition) is 4. The molecular formula is C17H12BrNO4. The number of carbonyl (C=O) groups excluding carboxylic acids is 3. The molecule has 0 spiro atoms. The van der Waals surface area contributed by atoms with Crippen LogP contribution in [0.5, 0.6) is 5.75 Å². The van der Waals surface area contributed by atoms with Crippen molar-refractivity contribution in [2.75, 3.05) is 6.54 Å². The summed E-state index contributed by atoms with van der Waals surface area (Å²) >= 11 is 3.29. The molecule has 2 aromatic carbocycles. The molecule has 6 heteroatoms. The number of ether oxygens (including phenoxy) is 1. The lowest BCUT2D eigenvalue weighted by atomic mass is 10.1. The smallest absolute Gasteiger partial charge is 0.312 e. The van der Waals surface area contributed by atoms with E-state index in [-0.39, 0.29) is 24.8 Å². The Bertz CT molecular complexity index is 750. The third-order valence-corrected chi connectivity index (χ3v) is 3.99. The number of imide groups is 1. The Balaban J connectivity index is 1.61. The molecular weight excluding hydrogens is 362 g/mol. The fourth-order valence-corrected chi connectivity index (χ4v) is 2.59. The van der Waals surface area contributed by atoms with Crippen LogP contribution in [0.3, 0.4) is 0 Å². The fraction of sp³-hybridized carbons (Fsp3) is 0.118. The molecule has 5 nitrogen and oxygen atoms in total. The van der Waals surface area contributed by atoms with Crippen LogP contribution in [0.2, 0.25) is 0 Å². The van der Waals surface area contributed by atoms with Gasteiger partial charge in [0, 0.05) is 11.0 Å². The van der Waals surface area contributed by atoms with Gasteiger partial charge in [-0.1, -0.05) is 28.1 Å². The lowest BCUT2D eigenvalue weighted by molar-refractivity contribution is -0.134. The molecule has 1 aliphatic heterocycles. The van der Waals surface area contributed by atoms with Crippen LogP contribution < -0.4 is 4.74 Å². The molecule has 0 aliphatic carbocycles. The van der Waals surface area contributed by atoms with Crippen LogP contribution in [-0.4, -0.2) is 29.2 Å². The van der Waals surface area contributed by atoms with Crippen molar-refractivity contribution in [2.24, 2.45) is 0 Å². The van der Waals surface area contributed by atoms with Crippen molar-refractivity contribution in [3.05, 3.63) is 64.1 Å². The zero-order chi connectivity index (χ0) is 16.4. The highest BCUT2D eigenvalue weighted by molar-refractivity contribution is 9.10. The number of fused-ring (bicyclic) bond motifs is 1. The first-order chi connectivity index (χ1) is 11.1. The summed E-state index contributed by atoms with van der Waals surface area (Å²) in [5, 5.41) is 0. The summed E-state index contributed by atoms with van der Waals surface area (Å²) in [6.07, 6.45) is -0.0540. The Morgan fingerprint density at radius 1 is 0.957 bits per heavy atom. The Kier molecular flexibility index (Phi) is 4.25. The molecule has 0 N–H and O–H groups in total. The van der Waals surface area contributed by atoms with E-state index < -0.39 is 5.97 Å². The van der Waals surface area contributed by atoms with Gasteiger partial charge in [-0.25, -0.2) is 0 Å². The monoisotopic (exact) mass is 373 g/mol. The van der Waals surface area contributed by atoms with E-state index in [2.05, 4.69) is 15.9 Å². The number of amides is 2. The average molecular weight is 374 g/mol. The van der Waals surface area contributed by atoms with Gasteiger partial charge in [0.05, 0.1) is 17.5 Å². The predicted octanol–water partition coefficient (Wildman–Crippen LogP) is 3.04. The van der Waals surface area contributed by atoms with Crippen LogP contribution >= 0.6 is 15.9 Å². The number of esters is 1. The van der Waals surface area contributed by atoms with Gasteiger partial charge in [-0.05, 0) is 36.4 Å². The molecule has 0 saturated heterocycles. The summed E-state index contributed by atoms with van der Waals surface area (Å²) in [4.78, 5) is 37.3. The van der Waals surface area contributed by atoms with Crippen molar-refractivity contribution in [3.63, 3.8) is 0 Å². The van der Waals surface area contributed by atoms with Crippen molar-refractivity contribution < 1.29 is 19.1 Å². The summed E-state index contributed by atoms with van der Waals surface area (Å²) in [6, 6.07) is 13.4. The fourth-order valence-electron chi connectivity index (χ4n) is 2.33. The van der Waals surface area contributed by atoms with Crippen LogP contribution in [0.4, 0.5) is 0 Å². The third kappa shape index (κ3) is 3.17. The quantitative estimate of drug-likeness (QED) is 0.469. The van der Waals surface area contributed by atoms with Gasteiger partial charge in [0.25, 0.3) is 11.8 Å². The Morgan fingerprint density at radius 3 is 2.09 bits per heavy atom. The first kappa shape index (κ1) is 15.4. The number of rotatable bonds is 4. The molecule has 2 aromatic rings. The van der Waals surface area contributed by atoms with Gasteiger partial charge >= 0.3 is 5.97 Å². The van der Waals surface area contributed by atoms with Gasteiger partial charge < -0.3 is 4.74 Å². The maximum Gasteiger partial charge on any atom is 0.312 e. The van der Waals surface area contributed by atoms with E-state index in [1.165, 1.54) is 0 Å². The molecule has 1 aliphatic rings. The average Bonchev–Trinajstić information content (AvgIpc) is 2.80. The third-order valence-electron chi connectivity index (χ3n) is 3.46. The summed E-state index contributed by atoms with van der Waals surface area (Å²) in [5.41, 5.74) is 0.748. The van der Waals surface area contributed by atoms with E-state index in [1.54, 1.807) is 48.5 Å². The molecule has 0 radical (unpaired) electrons. The van der Waals surface area contributed by atoms with Crippen molar-refractivity contribution in [2.45, 2.75) is 6.42 Å². The van der Waals surface area contributed by atoms with Crippen molar-refractivity contribution in [3.8, 4) is 5.75 Å². The molecule has 116 valence electrons. The molecule has 1 heterocycles. The van der Waals surface area contributed by atoms with E-state index in [9.17, 15) is 14.4 Å². The second kappa shape index (κ2) is 6.34. The molecule has 0 fully saturated rings. The molecule has 2 amide bonds. The topological polar surface area (TPSA) is 63.7 Å². The second-order valence-electron chi connectivity index (χ2n) is 4.99. The van der Waals surface area contributed by atoms with E-state index in [1.807, 2.05) is 0 Å². The molecule has 0 atom stereocenters. The van der Waals surface area contributed by atoms with Gasteiger partial charge in [-0.2, -0.15) is 0 Å². The van der Waals surface area contributed by atoms with E-state index in [0.717, 1.165) is 9.37 Å². The standard InChI is InChI=1S/C17H12BrNO4/c18-11-5-7-12(8-6-11)23-15(20)9-10-19-16(21)13-3-1-2-4-14(13)17(19)22/h1-8H,9-10H2. The molecule has 0 bridgehead atoms. The summed E-state index contributed by atoms with van der Waals surface area (Å²) < 4.78 is 6.05. The van der Waals surface area contributed by atoms with Crippen LogP contribution in [0, 0.1) is 0 Å². The molecule has 23 heavy (non-hydrogen) atoms. The largest absolute Gasteiger partial charge is 0.426 e. The maximum atomic E-state index is 12.2. The van der Waals surface area contributed by atoms with Gasteiger partial charge in [-0.3, -0.25) is 19.3 Å². The first-order valence-electron chi connectivity index (χ1n) is 6.98. The lowest BCUT2D eigenvalue weighted by Crippen LogP contribution is -2.32. The van der Waals surface area contributed by atoms with Crippen molar-refractivity contribution in [1.29, 1.82) is 0 Å². The minimum atomic E-state index is -0.496. The second-order valence-corrected chi connectivity index (χ2v) is 5.90. The van der Waals surface area contributed by atoms with Crippen LogP contribution in [-0.2, 0) is 4.79 Å². The first-order valence-corrected chi connectivity index (χ1v) is 7.77. The highest BCUT2D eigenvalue weighted by Gasteiger charge is 2.35. The summed E-state index contributed by atoms with van der Waals surface area (Å²) in [6.45, 7) is 0.00169. The Morgan fingerprint density at radius 2 is 1.52 bits per heavy atom.